The van der Waals surface area contributed by atoms with Gasteiger partial charge in [-0.3, -0.25) is 4.79 Å². The highest BCUT2D eigenvalue weighted by atomic mass is 16.5. The van der Waals surface area contributed by atoms with Crippen LogP contribution >= 0.6 is 0 Å². The van der Waals surface area contributed by atoms with Crippen LogP contribution in [0.5, 0.6) is 5.75 Å². The summed E-state index contributed by atoms with van der Waals surface area (Å²) in [5.41, 5.74) is 2.35. The van der Waals surface area contributed by atoms with Crippen LogP contribution in [-0.4, -0.2) is 11.9 Å². The van der Waals surface area contributed by atoms with Crippen molar-refractivity contribution in [3.05, 3.63) is 53.0 Å². The van der Waals surface area contributed by atoms with E-state index in [1.54, 1.807) is 6.07 Å². The van der Waals surface area contributed by atoms with E-state index in [2.05, 4.69) is 51.2 Å². The van der Waals surface area contributed by atoms with E-state index in [1.165, 1.54) is 36.8 Å². The molecule has 4 heteroatoms. The van der Waals surface area contributed by atoms with Crippen LogP contribution in [-0.2, 0) is 6.61 Å². The lowest BCUT2D eigenvalue weighted by atomic mass is 9.84. The van der Waals surface area contributed by atoms with E-state index in [1.807, 2.05) is 6.07 Å². The fourth-order valence-corrected chi connectivity index (χ4v) is 5.26. The summed E-state index contributed by atoms with van der Waals surface area (Å²) in [4.78, 5) is 12.6. The van der Waals surface area contributed by atoms with Gasteiger partial charge in [0.1, 0.15) is 18.1 Å². The Bertz CT molecular complexity index is 869. The van der Waals surface area contributed by atoms with Crippen LogP contribution in [0.2, 0.25) is 0 Å². The molecule has 0 radical (unpaired) electrons. The number of hydrogen-bond donors (Lipinski definition) is 1. The molecule has 156 valence electrons. The van der Waals surface area contributed by atoms with Gasteiger partial charge in [-0.15, -0.1) is 0 Å². The molecule has 2 saturated carbocycles. The number of furan rings is 1. The molecule has 4 nitrogen and oxygen atoms in total. The van der Waals surface area contributed by atoms with Crippen LogP contribution in [0.1, 0.15) is 79.8 Å². The van der Waals surface area contributed by atoms with Crippen molar-refractivity contribution in [2.45, 2.75) is 71.9 Å². The minimum atomic E-state index is -0.120. The normalized spacial score (nSPS) is 24.1. The Morgan fingerprint density at radius 2 is 2.00 bits per heavy atom. The smallest absolute Gasteiger partial charge is 0.287 e. The SMILES string of the molecule is Cc1ccc(C(C)C)c(OCc2ccc(C(=O)NC(C)C3CC4CCC3C4)o2)c1. The van der Waals surface area contributed by atoms with Crippen molar-refractivity contribution < 1.29 is 13.9 Å². The zero-order chi connectivity index (χ0) is 20.5. The number of carbonyl (C=O) groups excluding carboxylic acids is 1. The summed E-state index contributed by atoms with van der Waals surface area (Å²) in [6, 6.07) is 10.1. The van der Waals surface area contributed by atoms with Gasteiger partial charge in [-0.25, -0.2) is 0 Å². The first-order valence-electron chi connectivity index (χ1n) is 11.0. The Kier molecular flexibility index (Phi) is 5.71. The van der Waals surface area contributed by atoms with Gasteiger partial charge in [-0.05, 0) is 86.1 Å². The van der Waals surface area contributed by atoms with E-state index in [0.717, 1.165) is 17.6 Å². The van der Waals surface area contributed by atoms with Gasteiger partial charge >= 0.3 is 0 Å². The molecule has 4 atom stereocenters. The largest absolute Gasteiger partial charge is 0.485 e. The Hall–Kier alpha value is -2.23. The molecule has 0 saturated heterocycles. The van der Waals surface area contributed by atoms with Crippen molar-refractivity contribution in [2.24, 2.45) is 17.8 Å². The molecule has 2 bridgehead atoms. The third-order valence-electron chi connectivity index (χ3n) is 6.84. The van der Waals surface area contributed by atoms with Crippen molar-refractivity contribution in [3.63, 3.8) is 0 Å². The molecule has 0 aliphatic heterocycles. The topological polar surface area (TPSA) is 51.5 Å². The maximum Gasteiger partial charge on any atom is 0.287 e. The Labute approximate surface area is 174 Å². The Morgan fingerprint density at radius 1 is 1.17 bits per heavy atom. The van der Waals surface area contributed by atoms with Crippen LogP contribution in [0.25, 0.3) is 0 Å². The molecule has 0 spiro atoms. The molecule has 4 unspecified atom stereocenters. The van der Waals surface area contributed by atoms with Gasteiger partial charge in [0.2, 0.25) is 0 Å². The highest BCUT2D eigenvalue weighted by molar-refractivity contribution is 5.91. The second-order valence-electron chi connectivity index (χ2n) is 9.35. The monoisotopic (exact) mass is 395 g/mol. The molecular formula is C25H33NO3. The lowest BCUT2D eigenvalue weighted by Gasteiger charge is -2.28. The van der Waals surface area contributed by atoms with Gasteiger partial charge in [0, 0.05) is 6.04 Å². The lowest BCUT2D eigenvalue weighted by molar-refractivity contribution is 0.0883. The fourth-order valence-electron chi connectivity index (χ4n) is 5.26. The van der Waals surface area contributed by atoms with Crippen molar-refractivity contribution >= 4 is 5.91 Å². The summed E-state index contributed by atoms with van der Waals surface area (Å²) in [5, 5.41) is 3.17. The average Bonchev–Trinajstić information content (AvgIpc) is 3.42. The van der Waals surface area contributed by atoms with E-state index in [4.69, 9.17) is 9.15 Å². The number of amides is 1. The van der Waals surface area contributed by atoms with Gasteiger partial charge in [-0.1, -0.05) is 32.4 Å². The second kappa shape index (κ2) is 8.25. The van der Waals surface area contributed by atoms with Crippen LogP contribution in [0.4, 0.5) is 0 Å². The molecule has 2 aliphatic carbocycles. The highest BCUT2D eigenvalue weighted by Gasteiger charge is 2.42. The maximum atomic E-state index is 12.6. The predicted molar refractivity (Wildman–Crippen MR) is 114 cm³/mol. The first kappa shape index (κ1) is 20.1. The van der Waals surface area contributed by atoms with Crippen molar-refractivity contribution in [2.75, 3.05) is 0 Å². The fraction of sp³-hybridized carbons (Fsp3) is 0.560. The second-order valence-corrected chi connectivity index (χ2v) is 9.35. The first-order valence-corrected chi connectivity index (χ1v) is 11.0. The van der Waals surface area contributed by atoms with Crippen LogP contribution in [0.15, 0.2) is 34.7 Å². The van der Waals surface area contributed by atoms with E-state index in [0.29, 0.717) is 30.0 Å². The molecule has 1 aromatic carbocycles. The van der Waals surface area contributed by atoms with Gasteiger partial charge in [0.05, 0.1) is 0 Å². The molecule has 4 rings (SSSR count). The maximum absolute atomic E-state index is 12.6. The van der Waals surface area contributed by atoms with Crippen molar-refractivity contribution in [1.29, 1.82) is 0 Å². The van der Waals surface area contributed by atoms with E-state index < -0.39 is 0 Å². The summed E-state index contributed by atoms with van der Waals surface area (Å²) < 4.78 is 11.8. The summed E-state index contributed by atoms with van der Waals surface area (Å²) in [6.07, 6.45) is 5.32. The van der Waals surface area contributed by atoms with E-state index in [9.17, 15) is 4.79 Å². The van der Waals surface area contributed by atoms with Crippen molar-refractivity contribution in [1.82, 2.24) is 5.32 Å². The Morgan fingerprint density at radius 3 is 2.69 bits per heavy atom. The minimum Gasteiger partial charge on any atom is -0.485 e. The molecule has 1 amide bonds. The van der Waals surface area contributed by atoms with Crippen molar-refractivity contribution in [3.8, 4) is 5.75 Å². The number of aryl methyl sites for hydroxylation is 1. The molecule has 1 aromatic heterocycles. The van der Waals surface area contributed by atoms with E-state index >= 15 is 0 Å². The third-order valence-corrected chi connectivity index (χ3v) is 6.84. The zero-order valence-electron chi connectivity index (χ0n) is 18.0. The first-order chi connectivity index (χ1) is 13.9. The number of benzene rings is 1. The summed E-state index contributed by atoms with van der Waals surface area (Å²) in [7, 11) is 0. The van der Waals surface area contributed by atoms with E-state index in [-0.39, 0.29) is 11.9 Å². The van der Waals surface area contributed by atoms with Gasteiger partial charge in [0.15, 0.2) is 5.76 Å². The van der Waals surface area contributed by atoms with Crippen LogP contribution < -0.4 is 10.1 Å². The molecule has 2 aromatic rings. The minimum absolute atomic E-state index is 0.120. The standard InChI is InChI=1S/C25H33NO3/c1-15(2)21-9-5-16(3)11-24(21)28-14-20-8-10-23(29-20)25(27)26-17(4)22-13-18-6-7-19(22)12-18/h5,8-11,15,17-19,22H,6-7,12-14H2,1-4H3,(H,26,27). The van der Waals surface area contributed by atoms with Gasteiger partial charge in [-0.2, -0.15) is 0 Å². The molecule has 2 aliphatic rings. The summed E-state index contributed by atoms with van der Waals surface area (Å²) >= 11 is 0. The zero-order valence-corrected chi connectivity index (χ0v) is 18.0. The lowest BCUT2D eigenvalue weighted by Crippen LogP contribution is -2.40. The predicted octanol–water partition coefficient (Wildman–Crippen LogP) is 5.84. The van der Waals surface area contributed by atoms with Crippen LogP contribution in [0, 0.1) is 24.7 Å². The molecule has 29 heavy (non-hydrogen) atoms. The number of nitrogens with one attached hydrogen (secondary N) is 1. The highest BCUT2D eigenvalue weighted by Crippen LogP contribution is 2.49. The average molecular weight is 396 g/mol. The molecule has 2 fully saturated rings. The molecule has 1 heterocycles. The number of hydrogen-bond acceptors (Lipinski definition) is 3. The number of ether oxygens (including phenoxy) is 1. The quantitative estimate of drug-likeness (QED) is 0.640. The molecule has 1 N–H and O–H groups in total. The third kappa shape index (κ3) is 4.36. The van der Waals surface area contributed by atoms with Gasteiger partial charge < -0.3 is 14.5 Å². The van der Waals surface area contributed by atoms with Gasteiger partial charge in [0.25, 0.3) is 5.91 Å². The van der Waals surface area contributed by atoms with Crippen LogP contribution in [0.3, 0.4) is 0 Å². The number of fused-ring (bicyclic) bond motifs is 2. The molecular weight excluding hydrogens is 362 g/mol. The Balaban J connectivity index is 1.35. The number of rotatable bonds is 7. The number of carbonyl (C=O) groups is 1. The summed E-state index contributed by atoms with van der Waals surface area (Å²) in [6.45, 7) is 8.83. The summed E-state index contributed by atoms with van der Waals surface area (Å²) in [5.74, 6) is 4.47.